The molecule has 6 nitrogen and oxygen atoms in total. The number of amides is 2. The van der Waals surface area contributed by atoms with Crippen LogP contribution in [0.1, 0.15) is 25.7 Å². The van der Waals surface area contributed by atoms with E-state index in [0.29, 0.717) is 5.13 Å². The highest BCUT2D eigenvalue weighted by Gasteiger charge is 2.37. The van der Waals surface area contributed by atoms with Gasteiger partial charge in [0.05, 0.1) is 18.8 Å². The van der Waals surface area contributed by atoms with E-state index in [2.05, 4.69) is 15.6 Å². The van der Waals surface area contributed by atoms with E-state index in [0.717, 1.165) is 25.7 Å². The van der Waals surface area contributed by atoms with Crippen LogP contribution in [-0.2, 0) is 14.3 Å². The molecule has 2 aliphatic rings. The van der Waals surface area contributed by atoms with Gasteiger partial charge in [0, 0.05) is 17.5 Å². The molecular formula is C13H17N3O3S. The molecule has 2 fully saturated rings. The molecule has 2 saturated heterocycles. The Kier molecular flexibility index (Phi) is 3.98. The molecule has 3 heterocycles. The lowest BCUT2D eigenvalue weighted by atomic mass is 9.95. The van der Waals surface area contributed by atoms with Gasteiger partial charge in [0.15, 0.2) is 5.13 Å². The van der Waals surface area contributed by atoms with Crippen molar-refractivity contribution in [2.24, 2.45) is 5.92 Å². The van der Waals surface area contributed by atoms with E-state index in [-0.39, 0.29) is 36.5 Å². The molecule has 7 heteroatoms. The van der Waals surface area contributed by atoms with E-state index in [9.17, 15) is 9.59 Å². The maximum Gasteiger partial charge on any atom is 0.245 e. The molecule has 1 aromatic heterocycles. The molecule has 1 unspecified atom stereocenters. The number of aromatic nitrogens is 1. The molecule has 2 N–H and O–H groups in total. The van der Waals surface area contributed by atoms with Gasteiger partial charge in [-0.3, -0.25) is 9.59 Å². The van der Waals surface area contributed by atoms with Crippen LogP contribution in [0.15, 0.2) is 11.6 Å². The summed E-state index contributed by atoms with van der Waals surface area (Å²) >= 11 is 1.35. The van der Waals surface area contributed by atoms with Crippen molar-refractivity contribution in [3.63, 3.8) is 0 Å². The zero-order valence-electron chi connectivity index (χ0n) is 11.0. The topological polar surface area (TPSA) is 80.3 Å². The lowest BCUT2D eigenvalue weighted by Crippen LogP contribution is -2.40. The minimum absolute atomic E-state index is 0.00883. The van der Waals surface area contributed by atoms with Gasteiger partial charge >= 0.3 is 0 Å². The molecule has 0 aliphatic carbocycles. The second-order valence-electron chi connectivity index (χ2n) is 5.23. The normalized spacial score (nSPS) is 28.1. The van der Waals surface area contributed by atoms with Gasteiger partial charge in [-0.15, -0.1) is 11.3 Å². The molecule has 3 rings (SSSR count). The van der Waals surface area contributed by atoms with Crippen molar-refractivity contribution in [2.45, 2.75) is 37.9 Å². The van der Waals surface area contributed by atoms with Crippen LogP contribution in [0.2, 0.25) is 0 Å². The van der Waals surface area contributed by atoms with Crippen molar-refractivity contribution in [1.82, 2.24) is 10.3 Å². The fraction of sp³-hybridized carbons (Fsp3) is 0.615. The zero-order chi connectivity index (χ0) is 13.9. The first kappa shape index (κ1) is 13.5. The van der Waals surface area contributed by atoms with Gasteiger partial charge in [0.2, 0.25) is 11.8 Å². The van der Waals surface area contributed by atoms with Crippen LogP contribution >= 0.6 is 11.3 Å². The summed E-state index contributed by atoms with van der Waals surface area (Å²) in [5.74, 6) is -0.309. The van der Waals surface area contributed by atoms with Gasteiger partial charge in [-0.25, -0.2) is 4.98 Å². The molecule has 2 aliphatic heterocycles. The van der Waals surface area contributed by atoms with Crippen molar-refractivity contribution in [1.29, 1.82) is 0 Å². The lowest BCUT2D eigenvalue weighted by molar-refractivity contribution is -0.132. The van der Waals surface area contributed by atoms with Crippen molar-refractivity contribution < 1.29 is 14.3 Å². The van der Waals surface area contributed by atoms with Gasteiger partial charge in [-0.2, -0.15) is 0 Å². The Balaban J connectivity index is 1.44. The highest BCUT2D eigenvalue weighted by Crippen LogP contribution is 2.35. The van der Waals surface area contributed by atoms with Crippen LogP contribution in [0.25, 0.3) is 0 Å². The van der Waals surface area contributed by atoms with Crippen LogP contribution in [0.5, 0.6) is 0 Å². The molecule has 0 saturated carbocycles. The number of carbonyl (C=O) groups is 2. The third-order valence-corrected chi connectivity index (χ3v) is 4.45. The third kappa shape index (κ3) is 3.16. The molecule has 108 valence electrons. The summed E-state index contributed by atoms with van der Waals surface area (Å²) in [5, 5.41) is 7.68. The van der Waals surface area contributed by atoms with Crippen molar-refractivity contribution in [3.05, 3.63) is 11.6 Å². The van der Waals surface area contributed by atoms with Gasteiger partial charge in [0.1, 0.15) is 0 Å². The Morgan fingerprint density at radius 2 is 2.10 bits per heavy atom. The summed E-state index contributed by atoms with van der Waals surface area (Å²) in [6, 6.07) is 0. The summed E-state index contributed by atoms with van der Waals surface area (Å²) in [5.41, 5.74) is 0. The number of nitrogens with zero attached hydrogens (tertiary/aromatic N) is 1. The van der Waals surface area contributed by atoms with Crippen molar-refractivity contribution >= 4 is 28.3 Å². The van der Waals surface area contributed by atoms with Crippen LogP contribution < -0.4 is 10.6 Å². The van der Waals surface area contributed by atoms with Crippen molar-refractivity contribution in [3.8, 4) is 0 Å². The van der Waals surface area contributed by atoms with Gasteiger partial charge in [-0.1, -0.05) is 0 Å². The first-order chi connectivity index (χ1) is 9.70. The van der Waals surface area contributed by atoms with E-state index in [4.69, 9.17) is 4.74 Å². The second kappa shape index (κ2) is 5.88. The third-order valence-electron chi connectivity index (χ3n) is 3.76. The van der Waals surface area contributed by atoms with Crippen molar-refractivity contribution in [2.75, 3.05) is 11.9 Å². The van der Waals surface area contributed by atoms with Gasteiger partial charge in [-0.05, 0) is 25.7 Å². The summed E-state index contributed by atoms with van der Waals surface area (Å²) in [6.07, 6.45) is 5.74. The van der Waals surface area contributed by atoms with Crippen LogP contribution in [-0.4, -0.2) is 35.6 Å². The van der Waals surface area contributed by atoms with E-state index in [1.165, 1.54) is 11.3 Å². The molecule has 0 spiro atoms. The maximum atomic E-state index is 12.1. The predicted octanol–water partition coefficient (Wildman–Crippen LogP) is 1.16. The molecule has 3 atom stereocenters. The average molecular weight is 295 g/mol. The molecule has 20 heavy (non-hydrogen) atoms. The Morgan fingerprint density at radius 3 is 2.75 bits per heavy atom. The molecule has 1 aromatic rings. The van der Waals surface area contributed by atoms with Gasteiger partial charge in [0.25, 0.3) is 0 Å². The molecule has 0 aromatic carbocycles. The van der Waals surface area contributed by atoms with Crippen LogP contribution in [0.4, 0.5) is 5.13 Å². The number of hydrogen-bond acceptors (Lipinski definition) is 5. The fourth-order valence-electron chi connectivity index (χ4n) is 2.83. The molecular weight excluding hydrogens is 278 g/mol. The number of anilines is 1. The van der Waals surface area contributed by atoms with Crippen LogP contribution in [0.3, 0.4) is 0 Å². The largest absolute Gasteiger partial charge is 0.375 e. The fourth-order valence-corrected chi connectivity index (χ4v) is 3.38. The number of hydrogen-bond donors (Lipinski definition) is 2. The Morgan fingerprint density at radius 1 is 1.35 bits per heavy atom. The first-order valence-electron chi connectivity index (χ1n) is 6.83. The number of carbonyl (C=O) groups excluding carboxylic acids is 2. The van der Waals surface area contributed by atoms with E-state index < -0.39 is 0 Å². The quantitative estimate of drug-likeness (QED) is 0.873. The Bertz CT molecular complexity index is 479. The van der Waals surface area contributed by atoms with E-state index in [1.54, 1.807) is 11.6 Å². The van der Waals surface area contributed by atoms with E-state index >= 15 is 0 Å². The highest BCUT2D eigenvalue weighted by atomic mass is 32.1. The number of nitrogens with one attached hydrogen (secondary N) is 2. The Labute approximate surface area is 120 Å². The van der Waals surface area contributed by atoms with Crippen LogP contribution in [0, 0.1) is 5.92 Å². The number of ether oxygens (including phenoxy) is 1. The average Bonchev–Trinajstić information content (AvgIpc) is 3.06. The SMILES string of the molecule is O=C(CNC(=O)C1C[C@H]2CC[C@@H](C1)O2)Nc1nccs1. The molecule has 2 amide bonds. The molecule has 0 radical (unpaired) electrons. The monoisotopic (exact) mass is 295 g/mol. The Hall–Kier alpha value is -1.47. The summed E-state index contributed by atoms with van der Waals surface area (Å²) in [6.45, 7) is -0.00883. The summed E-state index contributed by atoms with van der Waals surface area (Å²) < 4.78 is 5.71. The maximum absolute atomic E-state index is 12.1. The second-order valence-corrected chi connectivity index (χ2v) is 6.12. The van der Waals surface area contributed by atoms with Gasteiger partial charge < -0.3 is 15.4 Å². The number of rotatable bonds is 4. The highest BCUT2D eigenvalue weighted by molar-refractivity contribution is 7.13. The zero-order valence-corrected chi connectivity index (χ0v) is 11.8. The van der Waals surface area contributed by atoms with E-state index in [1.807, 2.05) is 0 Å². The minimum Gasteiger partial charge on any atom is -0.375 e. The smallest absolute Gasteiger partial charge is 0.245 e. The summed E-state index contributed by atoms with van der Waals surface area (Å²) in [4.78, 5) is 27.7. The predicted molar refractivity (Wildman–Crippen MR) is 74.4 cm³/mol. The standard InChI is InChI=1S/C13H17N3O3S/c17-11(16-13-14-3-4-20-13)7-15-12(18)8-5-9-1-2-10(6-8)19-9/h3-4,8-10H,1-2,5-7H2,(H,15,18)(H,14,16,17)/t8?,9-,10+. The summed E-state index contributed by atoms with van der Waals surface area (Å²) in [7, 11) is 0. The number of thiazole rings is 1. The number of fused-ring (bicyclic) bond motifs is 2. The lowest BCUT2D eigenvalue weighted by Gasteiger charge is -2.27. The molecule has 2 bridgehead atoms. The first-order valence-corrected chi connectivity index (χ1v) is 7.71. The minimum atomic E-state index is -0.247.